The van der Waals surface area contributed by atoms with Crippen LogP contribution in [-0.4, -0.2) is 32.4 Å². The Hall–Kier alpha value is -1.99. The third kappa shape index (κ3) is 3.14. The Morgan fingerprint density at radius 2 is 1.96 bits per heavy atom. The molecule has 4 rings (SSSR count). The lowest BCUT2D eigenvalue weighted by Gasteiger charge is -2.33. The van der Waals surface area contributed by atoms with Gasteiger partial charge >= 0.3 is 0 Å². The van der Waals surface area contributed by atoms with Crippen LogP contribution in [0.1, 0.15) is 55.2 Å². The molecule has 1 aliphatic carbocycles. The fourth-order valence-corrected chi connectivity index (χ4v) is 3.62. The van der Waals surface area contributed by atoms with Gasteiger partial charge in [-0.2, -0.15) is 5.10 Å². The molecule has 2 aromatic rings. The zero-order chi connectivity index (χ0) is 16.6. The van der Waals surface area contributed by atoms with Gasteiger partial charge < -0.3 is 5.32 Å². The number of hydrogen-bond acceptors (Lipinski definition) is 6. The van der Waals surface area contributed by atoms with E-state index < -0.39 is 0 Å². The molecule has 7 nitrogen and oxygen atoms in total. The van der Waals surface area contributed by atoms with Gasteiger partial charge in [0, 0.05) is 35.9 Å². The number of hydrogen-bond donors (Lipinski definition) is 2. The highest BCUT2D eigenvalue weighted by atomic mass is 17.2. The van der Waals surface area contributed by atoms with Gasteiger partial charge in [-0.05, 0) is 39.5 Å². The van der Waals surface area contributed by atoms with Crippen molar-refractivity contribution in [3.63, 3.8) is 0 Å². The molecule has 0 radical (unpaired) electrons. The summed E-state index contributed by atoms with van der Waals surface area (Å²) in [4.78, 5) is 20.1. The van der Waals surface area contributed by atoms with Crippen molar-refractivity contribution < 1.29 is 9.78 Å². The third-order valence-electron chi connectivity index (χ3n) is 4.97. The number of anilines is 2. The first-order chi connectivity index (χ1) is 11.6. The van der Waals surface area contributed by atoms with Crippen molar-refractivity contribution in [1.82, 2.24) is 20.2 Å². The van der Waals surface area contributed by atoms with E-state index in [4.69, 9.17) is 14.8 Å². The second-order valence-corrected chi connectivity index (χ2v) is 6.93. The summed E-state index contributed by atoms with van der Waals surface area (Å²) in [6.45, 7) is 4.69. The van der Waals surface area contributed by atoms with Crippen LogP contribution >= 0.6 is 0 Å². The largest absolute Gasteiger partial charge is 0.323 e. The number of aryl methyl sites for hydroxylation is 2. The summed E-state index contributed by atoms with van der Waals surface area (Å²) in [5, 5.41) is 10.4. The van der Waals surface area contributed by atoms with Gasteiger partial charge in [0.05, 0.1) is 6.61 Å². The minimum atomic E-state index is -0.0615. The van der Waals surface area contributed by atoms with Crippen LogP contribution in [0.25, 0.3) is 0 Å². The Kier molecular flexibility index (Phi) is 3.97. The van der Waals surface area contributed by atoms with Gasteiger partial charge in [0.25, 0.3) is 0 Å². The van der Waals surface area contributed by atoms with Gasteiger partial charge in [0.1, 0.15) is 17.2 Å². The number of rotatable bonds is 3. The quantitative estimate of drug-likeness (QED) is 0.840. The molecule has 0 atom stereocenters. The maximum Gasteiger partial charge on any atom is 0.153 e. The molecular formula is C17H23N5O2. The molecule has 128 valence electrons. The molecule has 0 amide bonds. The van der Waals surface area contributed by atoms with Crippen LogP contribution in [0.15, 0.2) is 12.1 Å². The Labute approximate surface area is 141 Å². The highest BCUT2D eigenvalue weighted by Crippen LogP contribution is 2.43. The minimum Gasteiger partial charge on any atom is -0.323 e. The Morgan fingerprint density at radius 1 is 1.12 bits per heavy atom. The number of aromatic nitrogens is 4. The fourth-order valence-electron chi connectivity index (χ4n) is 3.62. The molecule has 1 aliphatic heterocycles. The SMILES string of the molecule is Cc1cc(Nc2cc(C)[nH]n2)nc(C2CCC3(CCOO3)CC2)n1. The summed E-state index contributed by atoms with van der Waals surface area (Å²) in [5.74, 6) is 2.86. The third-order valence-corrected chi connectivity index (χ3v) is 4.97. The Bertz CT molecular complexity index is 714. The standard InChI is InChI=1S/C17H23N5O2/c1-11-9-14(19-15-10-12(2)21-22-15)20-16(18-11)13-3-5-17(6-4-13)7-8-23-24-17/h9-10,13H,3-8H2,1-2H3,(H2,18,19,20,21,22). The molecule has 2 fully saturated rings. The van der Waals surface area contributed by atoms with E-state index in [2.05, 4.69) is 20.5 Å². The first-order valence-electron chi connectivity index (χ1n) is 8.57. The van der Waals surface area contributed by atoms with E-state index in [0.29, 0.717) is 12.5 Å². The zero-order valence-electron chi connectivity index (χ0n) is 14.1. The molecule has 0 bridgehead atoms. The van der Waals surface area contributed by atoms with E-state index in [9.17, 15) is 0 Å². The van der Waals surface area contributed by atoms with Crippen molar-refractivity contribution in [2.75, 3.05) is 11.9 Å². The van der Waals surface area contributed by atoms with Crippen LogP contribution in [0.2, 0.25) is 0 Å². The van der Waals surface area contributed by atoms with Gasteiger partial charge in [-0.3, -0.25) is 5.10 Å². The van der Waals surface area contributed by atoms with E-state index >= 15 is 0 Å². The molecular weight excluding hydrogens is 306 g/mol. The first-order valence-corrected chi connectivity index (χ1v) is 8.57. The smallest absolute Gasteiger partial charge is 0.153 e. The van der Waals surface area contributed by atoms with Crippen molar-refractivity contribution in [3.8, 4) is 0 Å². The highest BCUT2D eigenvalue weighted by Gasteiger charge is 2.41. The molecule has 2 N–H and O–H groups in total. The molecule has 0 aromatic carbocycles. The van der Waals surface area contributed by atoms with Crippen LogP contribution in [0.5, 0.6) is 0 Å². The average Bonchev–Trinajstić information content (AvgIpc) is 3.17. The first kappa shape index (κ1) is 15.5. The van der Waals surface area contributed by atoms with Crippen LogP contribution in [0.3, 0.4) is 0 Å². The number of H-pyrrole nitrogens is 1. The highest BCUT2D eigenvalue weighted by molar-refractivity contribution is 5.52. The van der Waals surface area contributed by atoms with Gasteiger partial charge in [-0.25, -0.2) is 19.7 Å². The molecule has 1 saturated heterocycles. The van der Waals surface area contributed by atoms with Crippen molar-refractivity contribution in [3.05, 3.63) is 29.3 Å². The molecule has 7 heteroatoms. The second kappa shape index (κ2) is 6.14. The Morgan fingerprint density at radius 3 is 2.62 bits per heavy atom. The topological polar surface area (TPSA) is 85.0 Å². The number of aromatic amines is 1. The van der Waals surface area contributed by atoms with Gasteiger partial charge in [0.15, 0.2) is 5.82 Å². The number of nitrogens with zero attached hydrogens (tertiary/aromatic N) is 3. The monoisotopic (exact) mass is 329 g/mol. The molecule has 24 heavy (non-hydrogen) atoms. The van der Waals surface area contributed by atoms with Crippen molar-refractivity contribution in [2.45, 2.75) is 57.5 Å². The predicted molar refractivity (Wildman–Crippen MR) is 89.0 cm³/mol. The zero-order valence-corrected chi connectivity index (χ0v) is 14.1. The average molecular weight is 329 g/mol. The summed E-state index contributed by atoms with van der Waals surface area (Å²) in [5.41, 5.74) is 1.92. The second-order valence-electron chi connectivity index (χ2n) is 6.93. The minimum absolute atomic E-state index is 0.0615. The lowest BCUT2D eigenvalue weighted by molar-refractivity contribution is -0.314. The molecule has 2 aliphatic rings. The molecule has 1 saturated carbocycles. The molecule has 0 unspecified atom stereocenters. The van der Waals surface area contributed by atoms with Crippen LogP contribution in [0.4, 0.5) is 11.6 Å². The molecule has 1 spiro atoms. The van der Waals surface area contributed by atoms with Crippen LogP contribution < -0.4 is 5.32 Å². The maximum absolute atomic E-state index is 5.53. The van der Waals surface area contributed by atoms with Gasteiger partial charge in [-0.1, -0.05) is 0 Å². The summed E-state index contributed by atoms with van der Waals surface area (Å²) < 4.78 is 0. The van der Waals surface area contributed by atoms with E-state index in [1.54, 1.807) is 0 Å². The number of nitrogens with one attached hydrogen (secondary N) is 2. The summed E-state index contributed by atoms with van der Waals surface area (Å²) in [6.07, 6.45) is 5.09. The van der Waals surface area contributed by atoms with Gasteiger partial charge in [-0.15, -0.1) is 0 Å². The van der Waals surface area contributed by atoms with Crippen LogP contribution in [0, 0.1) is 13.8 Å². The van der Waals surface area contributed by atoms with E-state index in [1.807, 2.05) is 26.0 Å². The van der Waals surface area contributed by atoms with Crippen LogP contribution in [-0.2, 0) is 9.78 Å². The lowest BCUT2D eigenvalue weighted by atomic mass is 9.77. The van der Waals surface area contributed by atoms with Crippen molar-refractivity contribution >= 4 is 11.6 Å². The lowest BCUT2D eigenvalue weighted by Crippen LogP contribution is -2.33. The molecule has 3 heterocycles. The van der Waals surface area contributed by atoms with E-state index in [-0.39, 0.29) is 5.60 Å². The maximum atomic E-state index is 5.53. The Balaban J connectivity index is 1.49. The van der Waals surface area contributed by atoms with E-state index in [0.717, 1.165) is 61.0 Å². The predicted octanol–water partition coefficient (Wildman–Crippen LogP) is 3.31. The van der Waals surface area contributed by atoms with Crippen molar-refractivity contribution in [2.24, 2.45) is 0 Å². The van der Waals surface area contributed by atoms with Gasteiger partial charge in [0.2, 0.25) is 0 Å². The molecule has 2 aromatic heterocycles. The fraction of sp³-hybridized carbons (Fsp3) is 0.588. The normalized spacial score (nSPS) is 26.8. The van der Waals surface area contributed by atoms with E-state index in [1.165, 1.54) is 0 Å². The summed E-state index contributed by atoms with van der Waals surface area (Å²) in [6, 6.07) is 3.91. The van der Waals surface area contributed by atoms with Crippen molar-refractivity contribution in [1.29, 1.82) is 0 Å². The summed E-state index contributed by atoms with van der Waals surface area (Å²) >= 11 is 0. The summed E-state index contributed by atoms with van der Waals surface area (Å²) in [7, 11) is 0.